The number of carbonyl (C=O) groups is 1. The Bertz CT molecular complexity index is 355. The van der Waals surface area contributed by atoms with Gasteiger partial charge in [-0.25, -0.2) is 5.06 Å². The molecule has 0 spiro atoms. The third-order valence-electron chi connectivity index (χ3n) is 2.12. The monoisotopic (exact) mass is 224 g/mol. The number of benzene rings is 1. The number of hydrogen-bond donors (Lipinski definition) is 1. The summed E-state index contributed by atoms with van der Waals surface area (Å²) < 4.78 is 5.37. The maximum absolute atomic E-state index is 11.3. The van der Waals surface area contributed by atoms with Crippen LogP contribution in [0.4, 0.5) is 5.69 Å². The fraction of sp³-hybridized carbons (Fsp3) is 0.364. The first-order valence-electron chi connectivity index (χ1n) is 4.93. The van der Waals surface area contributed by atoms with Crippen molar-refractivity contribution in [3.8, 4) is 5.75 Å². The maximum atomic E-state index is 11.3. The van der Waals surface area contributed by atoms with E-state index >= 15 is 0 Å². The molecule has 0 bridgehead atoms. The molecule has 1 aromatic rings. The molecule has 2 N–H and O–H groups in total. The molecule has 0 heterocycles. The van der Waals surface area contributed by atoms with E-state index in [1.807, 2.05) is 12.1 Å². The van der Waals surface area contributed by atoms with Crippen molar-refractivity contribution in [1.29, 1.82) is 0 Å². The molecule has 88 valence electrons. The fourth-order valence-corrected chi connectivity index (χ4v) is 1.12. The van der Waals surface area contributed by atoms with Gasteiger partial charge in [0.05, 0.1) is 25.8 Å². The van der Waals surface area contributed by atoms with Crippen molar-refractivity contribution >= 4 is 11.6 Å². The third kappa shape index (κ3) is 3.43. The predicted octanol–water partition coefficient (Wildman–Crippen LogP) is 1.06. The Balaban J connectivity index is 2.36. The van der Waals surface area contributed by atoms with Gasteiger partial charge in [0.15, 0.2) is 0 Å². The normalized spacial score (nSPS) is 9.88. The van der Waals surface area contributed by atoms with E-state index in [4.69, 9.17) is 15.3 Å². The number of hydroxylamine groups is 2. The Labute approximate surface area is 94.7 Å². The second-order valence-corrected chi connectivity index (χ2v) is 3.21. The van der Waals surface area contributed by atoms with E-state index in [2.05, 4.69) is 0 Å². The molecule has 1 rings (SSSR count). The van der Waals surface area contributed by atoms with Crippen molar-refractivity contribution < 1.29 is 14.4 Å². The van der Waals surface area contributed by atoms with Gasteiger partial charge in [-0.05, 0) is 12.1 Å². The zero-order valence-electron chi connectivity index (χ0n) is 9.47. The average molecular weight is 224 g/mol. The van der Waals surface area contributed by atoms with Crippen LogP contribution in [0.15, 0.2) is 24.3 Å². The molecular formula is C11H16N2O3. The van der Waals surface area contributed by atoms with Crippen molar-refractivity contribution in [2.24, 2.45) is 0 Å². The van der Waals surface area contributed by atoms with Gasteiger partial charge in [0.1, 0.15) is 5.75 Å². The van der Waals surface area contributed by atoms with Crippen LogP contribution in [0.2, 0.25) is 0 Å². The van der Waals surface area contributed by atoms with Gasteiger partial charge in [0, 0.05) is 7.05 Å². The highest BCUT2D eigenvalue weighted by atomic mass is 16.7. The van der Waals surface area contributed by atoms with Crippen molar-refractivity contribution in [1.82, 2.24) is 5.06 Å². The van der Waals surface area contributed by atoms with E-state index in [0.717, 1.165) is 5.06 Å². The van der Waals surface area contributed by atoms with Gasteiger partial charge in [-0.3, -0.25) is 9.63 Å². The number of hydrogen-bond acceptors (Lipinski definition) is 4. The number of rotatable bonds is 5. The summed E-state index contributed by atoms with van der Waals surface area (Å²) in [6.45, 7) is 0.279. The predicted molar refractivity (Wildman–Crippen MR) is 60.7 cm³/mol. The molecule has 0 atom stereocenters. The minimum absolute atomic E-state index is 0.142. The lowest BCUT2D eigenvalue weighted by molar-refractivity contribution is -0.169. The number of para-hydroxylation sites is 2. The summed E-state index contributed by atoms with van der Waals surface area (Å²) in [5.41, 5.74) is 6.24. The molecule has 0 radical (unpaired) electrons. The van der Waals surface area contributed by atoms with Crippen LogP contribution in [0, 0.1) is 0 Å². The van der Waals surface area contributed by atoms with Gasteiger partial charge in [-0.1, -0.05) is 12.1 Å². The summed E-state index contributed by atoms with van der Waals surface area (Å²) in [4.78, 5) is 16.1. The molecule has 0 saturated heterocycles. The van der Waals surface area contributed by atoms with Crippen LogP contribution in [0.1, 0.15) is 6.42 Å². The number of nitrogens with zero attached hydrogens (tertiary/aromatic N) is 1. The van der Waals surface area contributed by atoms with Gasteiger partial charge < -0.3 is 10.5 Å². The van der Waals surface area contributed by atoms with Crippen molar-refractivity contribution in [3.05, 3.63) is 24.3 Å². The van der Waals surface area contributed by atoms with Crippen LogP contribution in [-0.2, 0) is 9.63 Å². The molecule has 0 aliphatic heterocycles. The summed E-state index contributed by atoms with van der Waals surface area (Å²) in [7, 11) is 2.99. The van der Waals surface area contributed by atoms with Crippen LogP contribution in [0.25, 0.3) is 0 Å². The van der Waals surface area contributed by atoms with Crippen LogP contribution >= 0.6 is 0 Å². The number of nitrogen functional groups attached to an aromatic ring is 1. The third-order valence-corrected chi connectivity index (χ3v) is 2.12. The molecule has 0 aliphatic rings. The van der Waals surface area contributed by atoms with Crippen LogP contribution < -0.4 is 10.5 Å². The van der Waals surface area contributed by atoms with Crippen molar-refractivity contribution in [2.75, 3.05) is 26.5 Å². The van der Waals surface area contributed by atoms with E-state index in [1.165, 1.54) is 7.11 Å². The Morgan fingerprint density at radius 1 is 1.44 bits per heavy atom. The second-order valence-electron chi connectivity index (χ2n) is 3.21. The van der Waals surface area contributed by atoms with Gasteiger partial charge >= 0.3 is 0 Å². The number of carbonyl (C=O) groups excluding carboxylic acids is 1. The van der Waals surface area contributed by atoms with Gasteiger partial charge in [0.2, 0.25) is 5.91 Å². The quantitative estimate of drug-likeness (QED) is 0.600. The zero-order chi connectivity index (χ0) is 12.0. The summed E-state index contributed by atoms with van der Waals surface area (Å²) in [6.07, 6.45) is 0.249. The van der Waals surface area contributed by atoms with Crippen LogP contribution in [-0.4, -0.2) is 31.7 Å². The summed E-state index contributed by atoms with van der Waals surface area (Å²) >= 11 is 0. The molecule has 16 heavy (non-hydrogen) atoms. The lowest BCUT2D eigenvalue weighted by Gasteiger charge is -2.14. The van der Waals surface area contributed by atoms with Gasteiger partial charge in [-0.2, -0.15) is 0 Å². The molecular weight excluding hydrogens is 208 g/mol. The molecule has 5 heteroatoms. The Morgan fingerprint density at radius 3 is 2.75 bits per heavy atom. The van der Waals surface area contributed by atoms with Crippen LogP contribution in [0.3, 0.4) is 0 Å². The molecule has 0 aliphatic carbocycles. The Kier molecular flexibility index (Phi) is 4.60. The highest BCUT2D eigenvalue weighted by molar-refractivity contribution is 5.74. The Hall–Kier alpha value is -1.75. The van der Waals surface area contributed by atoms with E-state index in [0.29, 0.717) is 11.4 Å². The van der Waals surface area contributed by atoms with E-state index in [9.17, 15) is 4.79 Å². The molecule has 5 nitrogen and oxygen atoms in total. The topological polar surface area (TPSA) is 64.8 Å². The first-order valence-corrected chi connectivity index (χ1v) is 4.93. The molecule has 0 fully saturated rings. The number of anilines is 1. The molecule has 0 saturated carbocycles. The average Bonchev–Trinajstić information content (AvgIpc) is 2.30. The number of amides is 1. The minimum atomic E-state index is -0.142. The fourth-order valence-electron chi connectivity index (χ4n) is 1.12. The smallest absolute Gasteiger partial charge is 0.249 e. The zero-order valence-corrected chi connectivity index (χ0v) is 9.47. The highest BCUT2D eigenvalue weighted by Gasteiger charge is 2.08. The Morgan fingerprint density at radius 2 is 2.12 bits per heavy atom. The van der Waals surface area contributed by atoms with Gasteiger partial charge in [-0.15, -0.1) is 0 Å². The highest BCUT2D eigenvalue weighted by Crippen LogP contribution is 2.19. The van der Waals surface area contributed by atoms with Crippen molar-refractivity contribution in [2.45, 2.75) is 6.42 Å². The van der Waals surface area contributed by atoms with Gasteiger partial charge in [0.25, 0.3) is 0 Å². The van der Waals surface area contributed by atoms with E-state index in [-0.39, 0.29) is 18.9 Å². The first-order chi connectivity index (χ1) is 7.65. The lowest BCUT2D eigenvalue weighted by atomic mass is 10.3. The summed E-state index contributed by atoms with van der Waals surface area (Å²) in [6, 6.07) is 7.17. The van der Waals surface area contributed by atoms with Crippen molar-refractivity contribution in [3.63, 3.8) is 0 Å². The summed E-state index contributed by atoms with van der Waals surface area (Å²) in [5, 5.41) is 1.16. The lowest BCUT2D eigenvalue weighted by Crippen LogP contribution is -2.26. The minimum Gasteiger partial charge on any atom is -0.491 e. The maximum Gasteiger partial charge on any atom is 0.249 e. The number of ether oxygens (including phenoxy) is 1. The first kappa shape index (κ1) is 12.3. The molecule has 1 aromatic carbocycles. The molecule has 0 aromatic heterocycles. The standard InChI is InChI=1S/C11H16N2O3/c1-13(15-2)11(14)7-8-16-10-6-4-3-5-9(10)12/h3-6H,7-8,12H2,1-2H3. The SMILES string of the molecule is CON(C)C(=O)CCOc1ccccc1N. The second kappa shape index (κ2) is 5.97. The molecule has 0 unspecified atom stereocenters. The summed E-state index contributed by atoms with van der Waals surface area (Å²) in [5.74, 6) is 0.451. The molecule has 1 amide bonds. The van der Waals surface area contributed by atoms with E-state index < -0.39 is 0 Å². The largest absolute Gasteiger partial charge is 0.491 e. The number of nitrogens with two attached hydrogens (primary N) is 1. The van der Waals surface area contributed by atoms with Crippen LogP contribution in [0.5, 0.6) is 5.75 Å². The van der Waals surface area contributed by atoms with E-state index in [1.54, 1.807) is 19.2 Å².